The van der Waals surface area contributed by atoms with Crippen molar-refractivity contribution < 1.29 is 31.1 Å². The molecule has 1 aliphatic rings. The van der Waals surface area contributed by atoms with E-state index in [1.807, 2.05) is 6.07 Å². The highest BCUT2D eigenvalue weighted by Gasteiger charge is 2.39. The first-order valence-corrected chi connectivity index (χ1v) is 13.2. The maximum absolute atomic E-state index is 13.1. The second kappa shape index (κ2) is 11.2. The number of halogens is 3. The van der Waals surface area contributed by atoms with E-state index in [9.17, 15) is 26.4 Å². The summed E-state index contributed by atoms with van der Waals surface area (Å²) in [5.41, 5.74) is 0.888. The first kappa shape index (κ1) is 27.2. The van der Waals surface area contributed by atoms with Crippen LogP contribution in [-0.4, -0.2) is 31.2 Å². The molecule has 0 bridgehead atoms. The second-order valence-electron chi connectivity index (χ2n) is 8.76. The van der Waals surface area contributed by atoms with E-state index in [1.54, 1.807) is 24.3 Å². The van der Waals surface area contributed by atoms with Crippen molar-refractivity contribution in [2.75, 3.05) is 6.54 Å². The smallest absolute Gasteiger partial charge is 0.416 e. The van der Waals surface area contributed by atoms with Gasteiger partial charge in [0.05, 0.1) is 22.1 Å². The maximum Gasteiger partial charge on any atom is 0.416 e. The van der Waals surface area contributed by atoms with Crippen molar-refractivity contribution in [1.82, 2.24) is 9.62 Å². The Morgan fingerprint density at radius 2 is 1.76 bits per heavy atom. The Morgan fingerprint density at radius 1 is 1.05 bits per heavy atom. The van der Waals surface area contributed by atoms with E-state index < -0.39 is 33.7 Å². The number of nitrogens with zero attached hydrogens (tertiary/aromatic N) is 2. The Labute approximate surface area is 218 Å². The minimum absolute atomic E-state index is 0.0223. The third-order valence-corrected chi connectivity index (χ3v) is 8.07. The zero-order valence-electron chi connectivity index (χ0n) is 20.1. The zero-order valence-corrected chi connectivity index (χ0v) is 20.9. The molecule has 1 saturated heterocycles. The highest BCUT2D eigenvalue weighted by molar-refractivity contribution is 7.89. The van der Waals surface area contributed by atoms with Crippen LogP contribution < -0.4 is 10.1 Å². The van der Waals surface area contributed by atoms with Crippen molar-refractivity contribution in [3.05, 3.63) is 95.1 Å². The highest BCUT2D eigenvalue weighted by atomic mass is 32.2. The van der Waals surface area contributed by atoms with Gasteiger partial charge in [0, 0.05) is 13.1 Å². The average molecular weight is 544 g/mol. The number of alkyl halides is 3. The predicted molar refractivity (Wildman–Crippen MR) is 132 cm³/mol. The van der Waals surface area contributed by atoms with Crippen LogP contribution in [0.5, 0.6) is 5.75 Å². The minimum atomic E-state index is -4.40. The number of hydrogen-bond donors (Lipinski definition) is 1. The lowest BCUT2D eigenvalue weighted by Gasteiger charge is -2.23. The number of nitrogens with one attached hydrogen (secondary N) is 1. The molecule has 4 rings (SSSR count). The van der Waals surface area contributed by atoms with Crippen molar-refractivity contribution in [3.8, 4) is 11.8 Å². The lowest BCUT2D eigenvalue weighted by molar-refractivity contribution is -0.137. The number of carbonyl (C=O) groups is 1. The van der Waals surface area contributed by atoms with E-state index in [1.165, 1.54) is 40.7 Å². The first-order chi connectivity index (χ1) is 18.1. The molecular formula is C27H24F3N3O4S. The van der Waals surface area contributed by atoms with Crippen LogP contribution in [0.4, 0.5) is 13.2 Å². The molecule has 0 saturated carbocycles. The summed E-state index contributed by atoms with van der Waals surface area (Å²) in [6.45, 7) is 0.420. The van der Waals surface area contributed by atoms with Gasteiger partial charge in [-0.1, -0.05) is 24.3 Å². The standard InChI is InChI=1S/C27H24F3N3O4S/c28-27(29,30)22-10-6-20(7-11-22)18-37-23-4-1-3-21(15-23)17-32-26(34)25-5-2-14-33(25)38(35,36)24-12-8-19(16-31)9-13-24/h1,3-4,6-13,15,25H,2,5,14,17-18H2,(H,32,34)/t25-/m0/s1. The molecular weight excluding hydrogens is 519 g/mol. The van der Waals surface area contributed by atoms with E-state index in [0.717, 1.165) is 12.1 Å². The van der Waals surface area contributed by atoms with Crippen LogP contribution in [0.25, 0.3) is 0 Å². The van der Waals surface area contributed by atoms with Crippen LogP contribution >= 0.6 is 0 Å². The molecule has 1 heterocycles. The summed E-state index contributed by atoms with van der Waals surface area (Å²) in [6, 6.07) is 18.2. The quantitative estimate of drug-likeness (QED) is 0.447. The van der Waals surface area contributed by atoms with Crippen molar-refractivity contribution in [2.45, 2.75) is 43.1 Å². The fourth-order valence-electron chi connectivity index (χ4n) is 4.14. The molecule has 38 heavy (non-hydrogen) atoms. The molecule has 0 aromatic heterocycles. The lowest BCUT2D eigenvalue weighted by atomic mass is 10.1. The summed E-state index contributed by atoms with van der Waals surface area (Å²) < 4.78 is 71.3. The summed E-state index contributed by atoms with van der Waals surface area (Å²) in [5, 5.41) is 11.7. The molecule has 1 N–H and O–H groups in total. The normalized spacial score (nSPS) is 16.1. The topological polar surface area (TPSA) is 99.5 Å². The van der Waals surface area contributed by atoms with E-state index in [2.05, 4.69) is 5.32 Å². The first-order valence-electron chi connectivity index (χ1n) is 11.8. The second-order valence-corrected chi connectivity index (χ2v) is 10.6. The van der Waals surface area contributed by atoms with Gasteiger partial charge in [-0.05, 0) is 72.5 Å². The third-order valence-electron chi connectivity index (χ3n) is 6.15. The van der Waals surface area contributed by atoms with Crippen molar-refractivity contribution in [3.63, 3.8) is 0 Å². The van der Waals surface area contributed by atoms with Gasteiger partial charge in [-0.3, -0.25) is 4.79 Å². The summed E-state index contributed by atoms with van der Waals surface area (Å²) in [7, 11) is -3.91. The van der Waals surface area contributed by atoms with Gasteiger partial charge < -0.3 is 10.1 Å². The Hall–Kier alpha value is -3.88. The van der Waals surface area contributed by atoms with Gasteiger partial charge in [-0.25, -0.2) is 8.42 Å². The Bertz CT molecular complexity index is 1430. The summed E-state index contributed by atoms with van der Waals surface area (Å²) in [4.78, 5) is 13.0. The van der Waals surface area contributed by atoms with E-state index in [-0.39, 0.29) is 24.6 Å². The molecule has 198 valence electrons. The molecule has 3 aromatic rings. The maximum atomic E-state index is 13.1. The molecule has 0 spiro atoms. The lowest BCUT2D eigenvalue weighted by Crippen LogP contribution is -2.45. The Kier molecular flexibility index (Phi) is 8.04. The molecule has 7 nitrogen and oxygen atoms in total. The molecule has 0 radical (unpaired) electrons. The number of hydrogen-bond acceptors (Lipinski definition) is 5. The molecule has 3 aromatic carbocycles. The van der Waals surface area contributed by atoms with Gasteiger partial charge in [0.2, 0.25) is 15.9 Å². The largest absolute Gasteiger partial charge is 0.489 e. The van der Waals surface area contributed by atoms with Crippen LogP contribution in [0.3, 0.4) is 0 Å². The molecule has 1 fully saturated rings. The summed E-state index contributed by atoms with van der Waals surface area (Å²) in [6.07, 6.45) is -3.47. The average Bonchev–Trinajstić information content (AvgIpc) is 3.42. The number of amides is 1. The third kappa shape index (κ3) is 6.33. The van der Waals surface area contributed by atoms with Gasteiger partial charge in [0.25, 0.3) is 0 Å². The molecule has 1 atom stereocenters. The number of rotatable bonds is 8. The fourth-order valence-corrected chi connectivity index (χ4v) is 5.79. The number of nitriles is 1. The zero-order chi connectivity index (χ0) is 27.3. The van der Waals surface area contributed by atoms with Crippen LogP contribution in [0, 0.1) is 11.3 Å². The van der Waals surface area contributed by atoms with Gasteiger partial charge in [-0.2, -0.15) is 22.7 Å². The Balaban J connectivity index is 1.35. The van der Waals surface area contributed by atoms with E-state index >= 15 is 0 Å². The van der Waals surface area contributed by atoms with Crippen molar-refractivity contribution in [1.29, 1.82) is 5.26 Å². The number of ether oxygens (including phenoxy) is 1. The summed E-state index contributed by atoms with van der Waals surface area (Å²) in [5.74, 6) is 0.0540. The summed E-state index contributed by atoms with van der Waals surface area (Å²) >= 11 is 0. The van der Waals surface area contributed by atoms with Gasteiger partial charge in [-0.15, -0.1) is 0 Å². The van der Waals surface area contributed by atoms with Crippen LogP contribution in [0.2, 0.25) is 0 Å². The van der Waals surface area contributed by atoms with Crippen LogP contribution in [0.1, 0.15) is 35.1 Å². The molecule has 1 aliphatic heterocycles. The van der Waals surface area contributed by atoms with Gasteiger partial charge in [0.1, 0.15) is 18.4 Å². The van der Waals surface area contributed by atoms with Gasteiger partial charge in [0.15, 0.2) is 0 Å². The monoisotopic (exact) mass is 543 g/mol. The van der Waals surface area contributed by atoms with Crippen LogP contribution in [0.15, 0.2) is 77.7 Å². The molecule has 0 aliphatic carbocycles. The molecule has 0 unspecified atom stereocenters. The molecule has 11 heteroatoms. The fraction of sp³-hybridized carbons (Fsp3) is 0.259. The number of carbonyl (C=O) groups excluding carboxylic acids is 1. The Morgan fingerprint density at radius 3 is 2.42 bits per heavy atom. The van der Waals surface area contributed by atoms with Gasteiger partial charge >= 0.3 is 6.18 Å². The number of sulfonamides is 1. The van der Waals surface area contributed by atoms with Crippen LogP contribution in [-0.2, 0) is 34.1 Å². The van der Waals surface area contributed by atoms with Crippen molar-refractivity contribution >= 4 is 15.9 Å². The van der Waals surface area contributed by atoms with E-state index in [0.29, 0.717) is 35.3 Å². The minimum Gasteiger partial charge on any atom is -0.489 e. The number of benzene rings is 3. The molecule has 1 amide bonds. The highest BCUT2D eigenvalue weighted by Crippen LogP contribution is 2.29. The van der Waals surface area contributed by atoms with Crippen molar-refractivity contribution in [2.24, 2.45) is 0 Å². The predicted octanol–water partition coefficient (Wildman–Crippen LogP) is 4.63. The SMILES string of the molecule is N#Cc1ccc(S(=O)(=O)N2CCC[C@H]2C(=O)NCc2cccc(OCc3ccc(C(F)(F)F)cc3)c2)cc1. The van der Waals surface area contributed by atoms with E-state index in [4.69, 9.17) is 10.00 Å².